The van der Waals surface area contributed by atoms with Gasteiger partial charge < -0.3 is 51.6 Å². The molecule has 3 aliphatic heterocycles. The van der Waals surface area contributed by atoms with Crippen LogP contribution >= 0.6 is 0 Å². The van der Waals surface area contributed by atoms with Gasteiger partial charge in [0.2, 0.25) is 17.7 Å². The number of hydrogen-bond donors (Lipinski definition) is 7. The second-order valence-corrected chi connectivity index (χ2v) is 21.7. The Labute approximate surface area is 545 Å². The van der Waals surface area contributed by atoms with Crippen molar-refractivity contribution in [3.63, 3.8) is 0 Å². The van der Waals surface area contributed by atoms with Crippen LogP contribution in [0.25, 0.3) is 16.7 Å². The number of carbonyl (C=O) groups excluding carboxylic acids is 6. The highest BCUT2D eigenvalue weighted by molar-refractivity contribution is 5.94. The van der Waals surface area contributed by atoms with Crippen LogP contribution in [-0.4, -0.2) is 62.9 Å². The van der Waals surface area contributed by atoms with Gasteiger partial charge in [0, 0.05) is 61.9 Å². The number of hydrogen-bond acceptors (Lipinski definition) is 14. The maximum absolute atomic E-state index is 13.1. The molecule has 2 atom stereocenters. The molecule has 9 aromatic carbocycles. The van der Waals surface area contributed by atoms with E-state index in [1.165, 1.54) is 36.4 Å². The van der Waals surface area contributed by atoms with Crippen molar-refractivity contribution in [2.24, 2.45) is 0 Å². The lowest BCUT2D eigenvalue weighted by atomic mass is 9.99. The van der Waals surface area contributed by atoms with Crippen molar-refractivity contribution in [2.45, 2.75) is 70.4 Å². The number of aromatic nitrogens is 2. The number of nitrogens with zero attached hydrogens (tertiary/aromatic N) is 2. The Morgan fingerprint density at radius 3 is 1.47 bits per heavy atom. The Morgan fingerprint density at radius 1 is 0.600 bits per heavy atom. The van der Waals surface area contributed by atoms with Crippen LogP contribution in [0.3, 0.4) is 0 Å². The van der Waals surface area contributed by atoms with E-state index < -0.39 is 17.6 Å². The summed E-state index contributed by atoms with van der Waals surface area (Å²) in [7, 11) is 0. The number of benzene rings is 9. The smallest absolute Gasteiger partial charge is 0.373 e. The third kappa shape index (κ3) is 21.0. The molecule has 3 saturated heterocycles. The molecule has 0 saturated carbocycles. The fourth-order valence-electron chi connectivity index (χ4n) is 9.86. The SMILES string of the molecule is CC(=O)O.C[C@@]1(c2nc3ccccc3n2-c2ccc(Oc3ccc(F)cc3)cc2)CCC(=O)N1.Nc1ccccc1Nc1ccc(Oc2ccc(F)cc2)cc1.O=C1CCCN1.O=C1CC[C@@H](C(=O)Cc2ccccc2Nc2ccc(Oc3ccc(F)cc3)cc2)N1.O=C=O. The number of rotatable bonds is 15. The number of amides is 3. The molecule has 0 unspecified atom stereocenters. The van der Waals surface area contributed by atoms with E-state index in [0.717, 1.165) is 77.2 Å². The first kappa shape index (κ1) is 68.9. The quantitative estimate of drug-likeness (QED) is 0.0470. The lowest BCUT2D eigenvalue weighted by molar-refractivity contribution is -0.191. The summed E-state index contributed by atoms with van der Waals surface area (Å²) in [6.45, 7) is 3.99. The molecule has 10 aromatic rings. The van der Waals surface area contributed by atoms with Crippen LogP contribution in [-0.2, 0) is 45.5 Å². The summed E-state index contributed by atoms with van der Waals surface area (Å²) in [6.07, 6.45) is 4.41. The highest BCUT2D eigenvalue weighted by Gasteiger charge is 2.39. The first-order valence-electron chi connectivity index (χ1n) is 30.0. The molecule has 0 bridgehead atoms. The molecule has 0 spiro atoms. The zero-order valence-corrected chi connectivity index (χ0v) is 51.7. The number of nitrogens with two attached hydrogens (primary N) is 1. The normalized spacial score (nSPS) is 14.8. The molecular formula is C73H67F3N8O11. The van der Waals surface area contributed by atoms with Crippen LogP contribution in [0.2, 0.25) is 0 Å². The minimum absolute atomic E-state index is 0.0122. The molecule has 1 aromatic heterocycles. The predicted octanol–water partition coefficient (Wildman–Crippen LogP) is 14.2. The summed E-state index contributed by atoms with van der Waals surface area (Å²) in [5.41, 5.74) is 13.1. The van der Waals surface area contributed by atoms with E-state index in [-0.39, 0.29) is 53.5 Å². The summed E-state index contributed by atoms with van der Waals surface area (Å²) in [5, 5.41) is 22.5. The molecule has 13 rings (SSSR count). The summed E-state index contributed by atoms with van der Waals surface area (Å²) < 4.78 is 58.2. The monoisotopic (exact) mass is 1290 g/mol. The van der Waals surface area contributed by atoms with E-state index in [9.17, 15) is 32.3 Å². The number of aliphatic carboxylic acids is 1. The molecule has 95 heavy (non-hydrogen) atoms. The molecule has 8 N–H and O–H groups in total. The lowest BCUT2D eigenvalue weighted by Gasteiger charge is -2.24. The van der Waals surface area contributed by atoms with Crippen LogP contribution in [0, 0.1) is 17.5 Å². The van der Waals surface area contributed by atoms with Crippen LogP contribution < -0.4 is 46.5 Å². The molecule has 3 amide bonds. The van der Waals surface area contributed by atoms with Gasteiger partial charge >= 0.3 is 6.15 Å². The van der Waals surface area contributed by atoms with Gasteiger partial charge in [-0.1, -0.05) is 42.5 Å². The number of carboxylic acid groups (broad SMARTS) is 1. The molecule has 3 fully saturated rings. The number of nitrogen functional groups attached to an aromatic ring is 1. The summed E-state index contributed by atoms with van der Waals surface area (Å²) in [6, 6.07) is 62.9. The van der Waals surface area contributed by atoms with Crippen molar-refractivity contribution < 1.29 is 66.1 Å². The zero-order chi connectivity index (χ0) is 67.7. The van der Waals surface area contributed by atoms with Gasteiger partial charge in [-0.3, -0.25) is 28.5 Å². The molecule has 4 heterocycles. The number of fused-ring (bicyclic) bond motifs is 1. The number of ketones is 1. The Hall–Kier alpha value is -12.0. The van der Waals surface area contributed by atoms with Crippen molar-refractivity contribution >= 4 is 75.1 Å². The molecule has 0 aliphatic carbocycles. The summed E-state index contributed by atoms with van der Waals surface area (Å²) >= 11 is 0. The number of ether oxygens (including phenoxy) is 3. The molecule has 486 valence electrons. The molecular weight excluding hydrogens is 1220 g/mol. The first-order valence-corrected chi connectivity index (χ1v) is 30.0. The number of Topliss-reactive ketones (excluding diaryl/α,β-unsaturated/α-hetero) is 1. The van der Waals surface area contributed by atoms with Gasteiger partial charge in [0.15, 0.2) is 5.78 Å². The van der Waals surface area contributed by atoms with Crippen LogP contribution in [0.5, 0.6) is 34.5 Å². The average molecular weight is 1290 g/mol. The standard InChI is InChI=1S/C24H20FN3O2.C24H21FN2O3.C18H15FN2O.C4H7NO.C2H4O2.CO2/c1-24(15-14-22(29)27-24)23-26-20-4-2-3-5-21(20)28(23)17-8-12-19(13-9-17)30-18-10-6-16(25)7-11-18;25-17-5-9-19(10-6-17)30-20-11-7-18(8-12-20)26-21-4-2-1-3-16(21)15-23(28)22-13-14-24(29)27-22;19-13-5-9-15(10-6-13)22-16-11-7-14(8-12-16)21-18-4-2-1-3-17(18)20;6-4-2-1-3-5-4;1-2(3)4;2-1-3/h2-13H,14-15H2,1H3,(H,27,29);1-12,22,26H,13-15H2,(H,27,29);1-12,21H,20H2;1-3H2,(H,5,6);1H3,(H,3,4);/t24-;22-;;;;/m00..../s1. The van der Waals surface area contributed by atoms with Gasteiger partial charge in [-0.15, -0.1) is 0 Å². The number of para-hydroxylation sites is 5. The van der Waals surface area contributed by atoms with Crippen molar-refractivity contribution in [2.75, 3.05) is 22.9 Å². The minimum Gasteiger partial charge on any atom is -0.481 e. The number of halogens is 3. The van der Waals surface area contributed by atoms with E-state index in [1.54, 1.807) is 36.4 Å². The van der Waals surface area contributed by atoms with Gasteiger partial charge in [-0.05, 0) is 208 Å². The van der Waals surface area contributed by atoms with Gasteiger partial charge in [0.1, 0.15) is 57.8 Å². The predicted molar refractivity (Wildman–Crippen MR) is 352 cm³/mol. The van der Waals surface area contributed by atoms with E-state index >= 15 is 0 Å². The fraction of sp³-hybridized carbons (Fsp3) is 0.164. The Kier molecular flexibility index (Phi) is 24.6. The number of nitrogens with one attached hydrogen (secondary N) is 5. The number of carbonyl (C=O) groups is 5. The van der Waals surface area contributed by atoms with Crippen molar-refractivity contribution in [3.05, 3.63) is 247 Å². The maximum Gasteiger partial charge on any atom is 0.373 e. The van der Waals surface area contributed by atoms with Crippen LogP contribution in [0.1, 0.15) is 63.8 Å². The van der Waals surface area contributed by atoms with Gasteiger partial charge in [0.25, 0.3) is 5.97 Å². The van der Waals surface area contributed by atoms with Gasteiger partial charge in [-0.2, -0.15) is 9.59 Å². The van der Waals surface area contributed by atoms with Crippen LogP contribution in [0.15, 0.2) is 218 Å². The minimum atomic E-state index is -0.833. The van der Waals surface area contributed by atoms with Gasteiger partial charge in [0.05, 0.1) is 34.0 Å². The third-order valence-corrected chi connectivity index (χ3v) is 14.5. The topological polar surface area (TPSA) is 271 Å². The number of imidazole rings is 1. The van der Waals surface area contributed by atoms with Crippen molar-refractivity contribution in [3.8, 4) is 40.2 Å². The fourth-order valence-corrected chi connectivity index (χ4v) is 9.86. The average Bonchev–Trinajstić information content (AvgIpc) is 1.61. The van der Waals surface area contributed by atoms with Crippen LogP contribution in [0.4, 0.5) is 41.6 Å². The largest absolute Gasteiger partial charge is 0.481 e. The lowest BCUT2D eigenvalue weighted by Crippen LogP contribution is -2.38. The zero-order valence-electron chi connectivity index (χ0n) is 51.7. The highest BCUT2D eigenvalue weighted by Crippen LogP contribution is 2.36. The van der Waals surface area contributed by atoms with Gasteiger partial charge in [-0.25, -0.2) is 18.2 Å². The van der Waals surface area contributed by atoms with E-state index in [4.69, 9.17) is 44.4 Å². The Morgan fingerprint density at radius 2 is 1.04 bits per heavy atom. The Bertz CT molecular complexity index is 4240. The second-order valence-electron chi connectivity index (χ2n) is 21.7. The molecule has 22 heteroatoms. The molecule has 19 nitrogen and oxygen atoms in total. The first-order chi connectivity index (χ1) is 45.8. The summed E-state index contributed by atoms with van der Waals surface area (Å²) in [4.78, 5) is 76.1. The molecule has 3 aliphatic rings. The third-order valence-electron chi connectivity index (χ3n) is 14.5. The summed E-state index contributed by atoms with van der Waals surface area (Å²) in [5.74, 6) is 2.94. The van der Waals surface area contributed by atoms with Crippen molar-refractivity contribution in [1.29, 1.82) is 0 Å². The second kappa shape index (κ2) is 33.9. The van der Waals surface area contributed by atoms with E-state index in [1.807, 2.05) is 153 Å². The number of anilines is 5. The number of carboxylic acids is 1. The molecule has 0 radical (unpaired) electrons. The van der Waals surface area contributed by atoms with E-state index in [2.05, 4.69) is 31.2 Å². The Balaban J connectivity index is 0.000000168. The van der Waals surface area contributed by atoms with Crippen molar-refractivity contribution in [1.82, 2.24) is 25.5 Å². The highest BCUT2D eigenvalue weighted by atomic mass is 19.1. The van der Waals surface area contributed by atoms with E-state index in [0.29, 0.717) is 65.9 Å². The maximum atomic E-state index is 13.1.